The third kappa shape index (κ3) is 5.84. The van der Waals surface area contributed by atoms with Gasteiger partial charge in [0.15, 0.2) is 0 Å². The molecule has 1 heterocycles. The molecule has 0 saturated carbocycles. The number of nitro groups is 1. The van der Waals surface area contributed by atoms with Crippen LogP contribution in [0, 0.1) is 10.1 Å². The van der Waals surface area contributed by atoms with Crippen LogP contribution in [0.3, 0.4) is 0 Å². The van der Waals surface area contributed by atoms with E-state index in [4.69, 9.17) is 9.15 Å². The number of nitrogens with one attached hydrogen (secondary N) is 1. The quantitative estimate of drug-likeness (QED) is 0.583. The Kier molecular flexibility index (Phi) is 5.84. The van der Waals surface area contributed by atoms with Crippen molar-refractivity contribution in [2.45, 2.75) is 38.8 Å². The largest absolute Gasteiger partial charge is 0.480 e. The molecule has 1 atom stereocenters. The Morgan fingerprint density at radius 2 is 1.85 bits per heavy atom. The average molecular weight is 376 g/mol. The number of carboxylic acid groups (broad SMARTS) is 1. The summed E-state index contributed by atoms with van der Waals surface area (Å²) in [5.74, 6) is -0.456. The summed E-state index contributed by atoms with van der Waals surface area (Å²) in [6, 6.07) is 7.76. The molecular formula is C18H20N2O7. The number of furan rings is 1. The van der Waals surface area contributed by atoms with Crippen LogP contribution in [0.2, 0.25) is 0 Å². The summed E-state index contributed by atoms with van der Waals surface area (Å²) in [5.41, 5.74) is -0.183. The van der Waals surface area contributed by atoms with E-state index in [-0.39, 0.29) is 12.1 Å². The predicted octanol–water partition coefficient (Wildman–Crippen LogP) is 3.38. The van der Waals surface area contributed by atoms with Gasteiger partial charge >= 0.3 is 12.1 Å². The minimum Gasteiger partial charge on any atom is -0.480 e. The van der Waals surface area contributed by atoms with Crippen LogP contribution >= 0.6 is 0 Å². The molecule has 0 radical (unpaired) electrons. The number of nitrogens with zero attached hydrogens (tertiary/aromatic N) is 1. The first-order valence-electron chi connectivity index (χ1n) is 8.11. The SMILES string of the molecule is CC(C)(C)OC(=O)NC(Cc1ccc(-c2ccc([N+](=O)[O-])cc2)o1)C(=O)O. The van der Waals surface area contributed by atoms with Gasteiger partial charge in [0.1, 0.15) is 23.2 Å². The number of amides is 1. The van der Waals surface area contributed by atoms with Crippen LogP contribution in [0.4, 0.5) is 10.5 Å². The van der Waals surface area contributed by atoms with Crippen molar-refractivity contribution in [3.63, 3.8) is 0 Å². The van der Waals surface area contributed by atoms with Crippen LogP contribution < -0.4 is 5.32 Å². The highest BCUT2D eigenvalue weighted by Gasteiger charge is 2.25. The summed E-state index contributed by atoms with van der Waals surface area (Å²) in [5, 5.41) is 22.3. The molecule has 0 aliphatic heterocycles. The van der Waals surface area contributed by atoms with E-state index in [1.807, 2.05) is 0 Å². The maximum absolute atomic E-state index is 11.8. The molecule has 9 nitrogen and oxygen atoms in total. The fourth-order valence-electron chi connectivity index (χ4n) is 2.24. The van der Waals surface area contributed by atoms with Crippen LogP contribution in [0.25, 0.3) is 11.3 Å². The van der Waals surface area contributed by atoms with Gasteiger partial charge in [-0.15, -0.1) is 0 Å². The van der Waals surface area contributed by atoms with Crippen molar-refractivity contribution in [2.24, 2.45) is 0 Å². The van der Waals surface area contributed by atoms with Crippen molar-refractivity contribution in [3.05, 3.63) is 52.3 Å². The lowest BCUT2D eigenvalue weighted by atomic mass is 10.1. The molecule has 1 unspecified atom stereocenters. The summed E-state index contributed by atoms with van der Waals surface area (Å²) in [7, 11) is 0. The van der Waals surface area contributed by atoms with Crippen LogP contribution in [0.15, 0.2) is 40.8 Å². The van der Waals surface area contributed by atoms with Crippen molar-refractivity contribution in [1.29, 1.82) is 0 Å². The Hall–Kier alpha value is -3.36. The molecule has 0 aliphatic carbocycles. The first-order valence-corrected chi connectivity index (χ1v) is 8.11. The standard InChI is InChI=1S/C18H20N2O7/c1-18(2,3)27-17(23)19-14(16(21)22)10-13-8-9-15(26-13)11-4-6-12(7-5-11)20(24)25/h4-9,14H,10H2,1-3H3,(H,19,23)(H,21,22). The Labute approximate surface area is 155 Å². The van der Waals surface area contributed by atoms with Gasteiger partial charge in [0.05, 0.1) is 4.92 Å². The molecule has 2 rings (SSSR count). The zero-order valence-corrected chi connectivity index (χ0v) is 15.1. The number of rotatable bonds is 6. The number of ether oxygens (including phenoxy) is 1. The third-order valence-electron chi connectivity index (χ3n) is 3.42. The fourth-order valence-corrected chi connectivity index (χ4v) is 2.24. The second kappa shape index (κ2) is 7.90. The maximum Gasteiger partial charge on any atom is 0.408 e. The van der Waals surface area contributed by atoms with Gasteiger partial charge in [-0.1, -0.05) is 0 Å². The highest BCUT2D eigenvalue weighted by atomic mass is 16.6. The first kappa shape index (κ1) is 20.0. The zero-order chi connectivity index (χ0) is 20.2. The van der Waals surface area contributed by atoms with Crippen LogP contribution in [-0.2, 0) is 16.0 Å². The van der Waals surface area contributed by atoms with Gasteiger partial charge in [-0.05, 0) is 45.0 Å². The predicted molar refractivity (Wildman–Crippen MR) is 95.3 cm³/mol. The van der Waals surface area contributed by atoms with Crippen molar-refractivity contribution in [3.8, 4) is 11.3 Å². The van der Waals surface area contributed by atoms with Crippen molar-refractivity contribution < 1.29 is 28.8 Å². The van der Waals surface area contributed by atoms with Crippen LogP contribution in [-0.4, -0.2) is 33.7 Å². The van der Waals surface area contributed by atoms with Gasteiger partial charge in [0, 0.05) is 24.1 Å². The van der Waals surface area contributed by atoms with E-state index in [2.05, 4.69) is 5.32 Å². The first-order chi connectivity index (χ1) is 12.5. The number of benzene rings is 1. The minimum absolute atomic E-state index is 0.0435. The molecular weight excluding hydrogens is 356 g/mol. The molecule has 2 aromatic rings. The normalized spacial score (nSPS) is 12.3. The van der Waals surface area contributed by atoms with E-state index in [0.717, 1.165) is 0 Å². The highest BCUT2D eigenvalue weighted by molar-refractivity contribution is 5.80. The number of non-ortho nitro benzene ring substituents is 1. The fraction of sp³-hybridized carbons (Fsp3) is 0.333. The number of aliphatic carboxylic acids is 1. The highest BCUT2D eigenvalue weighted by Crippen LogP contribution is 2.25. The van der Waals surface area contributed by atoms with E-state index in [0.29, 0.717) is 17.1 Å². The van der Waals surface area contributed by atoms with E-state index in [1.54, 1.807) is 32.9 Å². The molecule has 27 heavy (non-hydrogen) atoms. The third-order valence-corrected chi connectivity index (χ3v) is 3.42. The summed E-state index contributed by atoms with van der Waals surface area (Å²) < 4.78 is 10.7. The molecule has 9 heteroatoms. The van der Waals surface area contributed by atoms with E-state index in [1.165, 1.54) is 24.3 Å². The Bertz CT molecular complexity index is 834. The topological polar surface area (TPSA) is 132 Å². The molecule has 0 fully saturated rings. The number of alkyl carbamates (subject to hydrolysis) is 1. The molecule has 0 spiro atoms. The molecule has 2 N–H and O–H groups in total. The van der Waals surface area contributed by atoms with Crippen molar-refractivity contribution >= 4 is 17.7 Å². The lowest BCUT2D eigenvalue weighted by Gasteiger charge is -2.21. The number of carbonyl (C=O) groups excluding carboxylic acids is 1. The van der Waals surface area contributed by atoms with Crippen molar-refractivity contribution in [2.75, 3.05) is 0 Å². The lowest BCUT2D eigenvalue weighted by Crippen LogP contribution is -2.44. The van der Waals surface area contributed by atoms with Gasteiger partial charge in [-0.2, -0.15) is 0 Å². The second-order valence-electron chi connectivity index (χ2n) is 6.81. The molecule has 1 amide bonds. The number of hydrogen-bond donors (Lipinski definition) is 2. The molecule has 0 aliphatic rings. The molecule has 1 aromatic carbocycles. The van der Waals surface area contributed by atoms with Crippen LogP contribution in [0.5, 0.6) is 0 Å². The Morgan fingerprint density at radius 1 is 1.22 bits per heavy atom. The smallest absolute Gasteiger partial charge is 0.408 e. The minimum atomic E-state index is -1.23. The van der Waals surface area contributed by atoms with Crippen LogP contribution in [0.1, 0.15) is 26.5 Å². The molecule has 0 saturated heterocycles. The monoisotopic (exact) mass is 376 g/mol. The van der Waals surface area contributed by atoms with Gasteiger partial charge < -0.3 is 19.6 Å². The lowest BCUT2D eigenvalue weighted by molar-refractivity contribution is -0.384. The number of carboxylic acids is 1. The van der Waals surface area contributed by atoms with Gasteiger partial charge in [0.2, 0.25) is 0 Å². The summed E-state index contributed by atoms with van der Waals surface area (Å²) in [6.07, 6.45) is -0.918. The molecule has 0 bridgehead atoms. The average Bonchev–Trinajstić information content (AvgIpc) is 3.01. The Morgan fingerprint density at radius 3 is 2.37 bits per heavy atom. The number of carbonyl (C=O) groups is 2. The van der Waals surface area contributed by atoms with E-state index in [9.17, 15) is 24.8 Å². The Balaban J connectivity index is 2.08. The van der Waals surface area contributed by atoms with Gasteiger partial charge in [0.25, 0.3) is 5.69 Å². The van der Waals surface area contributed by atoms with Gasteiger partial charge in [-0.3, -0.25) is 10.1 Å². The second-order valence-corrected chi connectivity index (χ2v) is 6.81. The number of nitro benzene ring substituents is 1. The summed E-state index contributed by atoms with van der Waals surface area (Å²) in [6.45, 7) is 5.02. The summed E-state index contributed by atoms with van der Waals surface area (Å²) >= 11 is 0. The zero-order valence-electron chi connectivity index (χ0n) is 15.1. The van der Waals surface area contributed by atoms with Gasteiger partial charge in [-0.25, -0.2) is 9.59 Å². The maximum atomic E-state index is 11.8. The van der Waals surface area contributed by atoms with Crippen molar-refractivity contribution in [1.82, 2.24) is 5.32 Å². The van der Waals surface area contributed by atoms with E-state index < -0.39 is 28.6 Å². The molecule has 1 aromatic heterocycles. The molecule has 144 valence electrons. The summed E-state index contributed by atoms with van der Waals surface area (Å²) in [4.78, 5) is 33.4. The van der Waals surface area contributed by atoms with E-state index >= 15 is 0 Å². The number of hydrogen-bond acceptors (Lipinski definition) is 6.